The minimum atomic E-state index is -3.51. The molecular formula is C17H23ClN4O2S2. The van der Waals surface area contributed by atoms with Gasteiger partial charge in [-0.05, 0) is 30.5 Å². The molecule has 142 valence electrons. The van der Waals surface area contributed by atoms with Crippen molar-refractivity contribution in [3.05, 3.63) is 52.4 Å². The fourth-order valence-electron chi connectivity index (χ4n) is 2.24. The highest BCUT2D eigenvalue weighted by Gasteiger charge is 2.15. The van der Waals surface area contributed by atoms with Gasteiger partial charge in [-0.3, -0.25) is 4.99 Å². The van der Waals surface area contributed by atoms with Crippen LogP contribution in [-0.4, -0.2) is 41.1 Å². The Bertz CT molecular complexity index is 807. The van der Waals surface area contributed by atoms with Crippen LogP contribution < -0.4 is 15.4 Å². The summed E-state index contributed by atoms with van der Waals surface area (Å²) in [7, 11) is -1.83. The van der Waals surface area contributed by atoms with E-state index >= 15 is 0 Å². The van der Waals surface area contributed by atoms with Crippen molar-refractivity contribution in [1.82, 2.24) is 15.4 Å². The maximum Gasteiger partial charge on any atom is 0.250 e. The molecule has 1 heterocycles. The molecule has 9 heteroatoms. The van der Waals surface area contributed by atoms with Gasteiger partial charge < -0.3 is 10.6 Å². The topological polar surface area (TPSA) is 82.6 Å². The van der Waals surface area contributed by atoms with Crippen LogP contribution in [0.3, 0.4) is 0 Å². The average molecular weight is 415 g/mol. The van der Waals surface area contributed by atoms with Crippen molar-refractivity contribution in [3.63, 3.8) is 0 Å². The molecule has 0 bridgehead atoms. The molecule has 3 N–H and O–H groups in total. The number of hydrogen-bond acceptors (Lipinski definition) is 4. The number of nitrogens with zero attached hydrogens (tertiary/aromatic N) is 1. The Morgan fingerprint density at radius 3 is 2.46 bits per heavy atom. The molecule has 0 saturated carbocycles. The Morgan fingerprint density at radius 2 is 1.81 bits per heavy atom. The van der Waals surface area contributed by atoms with E-state index in [1.165, 1.54) is 11.6 Å². The Hall–Kier alpha value is -1.61. The molecular weight excluding hydrogens is 392 g/mol. The van der Waals surface area contributed by atoms with Crippen LogP contribution in [0.25, 0.3) is 0 Å². The second kappa shape index (κ2) is 10.5. The SMILES string of the molecule is CN=C(NCCCc1ccccc1)NCCNS(=O)(=O)c1ccc(Cl)s1. The summed E-state index contributed by atoms with van der Waals surface area (Å²) in [6, 6.07) is 13.4. The van der Waals surface area contributed by atoms with E-state index in [4.69, 9.17) is 11.6 Å². The highest BCUT2D eigenvalue weighted by atomic mass is 35.5. The lowest BCUT2D eigenvalue weighted by atomic mass is 10.1. The normalized spacial score (nSPS) is 12.2. The molecule has 1 aromatic heterocycles. The lowest BCUT2D eigenvalue weighted by molar-refractivity contribution is 0.582. The van der Waals surface area contributed by atoms with Crippen molar-refractivity contribution in [2.24, 2.45) is 4.99 Å². The van der Waals surface area contributed by atoms with E-state index in [0.29, 0.717) is 16.8 Å². The molecule has 2 rings (SSSR count). The number of aliphatic imine (C=N–C) groups is 1. The zero-order valence-corrected chi connectivity index (χ0v) is 16.9. The number of thiophene rings is 1. The molecule has 26 heavy (non-hydrogen) atoms. The zero-order chi connectivity index (χ0) is 18.8. The van der Waals surface area contributed by atoms with E-state index in [9.17, 15) is 8.42 Å². The van der Waals surface area contributed by atoms with Gasteiger partial charge in [0.25, 0.3) is 0 Å². The van der Waals surface area contributed by atoms with Crippen LogP contribution in [0.15, 0.2) is 51.7 Å². The molecule has 0 radical (unpaired) electrons. The first-order chi connectivity index (χ1) is 12.5. The summed E-state index contributed by atoms with van der Waals surface area (Å²) < 4.78 is 27.3. The quantitative estimate of drug-likeness (QED) is 0.334. The van der Waals surface area contributed by atoms with Gasteiger partial charge in [-0.15, -0.1) is 11.3 Å². The number of halogens is 1. The van der Waals surface area contributed by atoms with Crippen molar-refractivity contribution in [2.75, 3.05) is 26.7 Å². The summed E-state index contributed by atoms with van der Waals surface area (Å²) in [5, 5.41) is 6.31. The Morgan fingerprint density at radius 1 is 1.08 bits per heavy atom. The monoisotopic (exact) mass is 414 g/mol. The molecule has 0 aliphatic heterocycles. The number of benzene rings is 1. The summed E-state index contributed by atoms with van der Waals surface area (Å²) >= 11 is 6.81. The van der Waals surface area contributed by atoms with Gasteiger partial charge in [0.15, 0.2) is 5.96 Å². The Kier molecular flexibility index (Phi) is 8.37. The van der Waals surface area contributed by atoms with E-state index in [2.05, 4.69) is 32.5 Å². The van der Waals surface area contributed by atoms with Crippen LogP contribution in [0, 0.1) is 0 Å². The van der Waals surface area contributed by atoms with E-state index in [0.717, 1.165) is 30.7 Å². The fourth-order valence-corrected chi connectivity index (χ4v) is 4.80. The van der Waals surface area contributed by atoms with Crippen molar-refractivity contribution in [3.8, 4) is 0 Å². The van der Waals surface area contributed by atoms with Crippen LogP contribution in [0.1, 0.15) is 12.0 Å². The molecule has 0 spiro atoms. The molecule has 0 atom stereocenters. The largest absolute Gasteiger partial charge is 0.356 e. The molecule has 0 aliphatic carbocycles. The maximum absolute atomic E-state index is 12.1. The number of guanidine groups is 1. The molecule has 1 aromatic carbocycles. The summed E-state index contributed by atoms with van der Waals surface area (Å²) in [6.45, 7) is 1.47. The van der Waals surface area contributed by atoms with Gasteiger partial charge in [0.1, 0.15) is 4.21 Å². The standard InChI is InChI=1S/C17H23ClN4O2S2/c1-19-17(20-11-5-8-14-6-3-2-4-7-14)21-12-13-22-26(23,24)16-10-9-15(18)25-16/h2-4,6-7,9-10,22H,5,8,11-13H2,1H3,(H2,19,20,21). The highest BCUT2D eigenvalue weighted by molar-refractivity contribution is 7.91. The van der Waals surface area contributed by atoms with Gasteiger partial charge in [0.05, 0.1) is 4.34 Å². The van der Waals surface area contributed by atoms with Gasteiger partial charge in [-0.1, -0.05) is 41.9 Å². The lowest BCUT2D eigenvalue weighted by Gasteiger charge is -2.12. The molecule has 0 unspecified atom stereocenters. The average Bonchev–Trinajstić information content (AvgIpc) is 3.08. The summed E-state index contributed by atoms with van der Waals surface area (Å²) in [4.78, 5) is 4.13. The second-order valence-electron chi connectivity index (χ2n) is 5.47. The molecule has 0 amide bonds. The smallest absolute Gasteiger partial charge is 0.250 e. The van der Waals surface area contributed by atoms with E-state index < -0.39 is 10.0 Å². The third-order valence-electron chi connectivity index (χ3n) is 3.52. The Balaban J connectivity index is 1.64. The fraction of sp³-hybridized carbons (Fsp3) is 0.353. The second-order valence-corrected chi connectivity index (χ2v) is 9.18. The Labute approximate surface area is 163 Å². The zero-order valence-electron chi connectivity index (χ0n) is 14.5. The predicted octanol–water partition coefficient (Wildman–Crippen LogP) is 2.48. The number of rotatable bonds is 9. The first kappa shape index (κ1) is 20.7. The molecule has 0 fully saturated rings. The lowest BCUT2D eigenvalue weighted by Crippen LogP contribution is -2.41. The van der Waals surface area contributed by atoms with E-state index in [-0.39, 0.29) is 10.8 Å². The van der Waals surface area contributed by atoms with Crippen molar-refractivity contribution < 1.29 is 8.42 Å². The number of aryl methyl sites for hydroxylation is 1. The van der Waals surface area contributed by atoms with Gasteiger partial charge in [0.2, 0.25) is 10.0 Å². The van der Waals surface area contributed by atoms with Crippen LogP contribution in [0.2, 0.25) is 4.34 Å². The van der Waals surface area contributed by atoms with Crippen molar-refractivity contribution >= 4 is 38.9 Å². The summed E-state index contributed by atoms with van der Waals surface area (Å²) in [6.07, 6.45) is 1.98. The number of sulfonamides is 1. The molecule has 0 saturated heterocycles. The minimum absolute atomic E-state index is 0.214. The minimum Gasteiger partial charge on any atom is -0.356 e. The van der Waals surface area contributed by atoms with Gasteiger partial charge in [-0.2, -0.15) is 0 Å². The van der Waals surface area contributed by atoms with Crippen LogP contribution in [0.4, 0.5) is 0 Å². The van der Waals surface area contributed by atoms with Crippen molar-refractivity contribution in [2.45, 2.75) is 17.1 Å². The predicted molar refractivity (Wildman–Crippen MR) is 109 cm³/mol. The third-order valence-corrected chi connectivity index (χ3v) is 6.71. The highest BCUT2D eigenvalue weighted by Crippen LogP contribution is 2.25. The third kappa shape index (κ3) is 6.95. The van der Waals surface area contributed by atoms with E-state index in [1.807, 2.05) is 18.2 Å². The van der Waals surface area contributed by atoms with Crippen LogP contribution in [0.5, 0.6) is 0 Å². The van der Waals surface area contributed by atoms with Crippen LogP contribution >= 0.6 is 22.9 Å². The molecule has 0 aliphatic rings. The van der Waals surface area contributed by atoms with Crippen molar-refractivity contribution in [1.29, 1.82) is 0 Å². The summed E-state index contributed by atoms with van der Waals surface area (Å²) in [5.74, 6) is 0.649. The first-order valence-corrected chi connectivity index (χ1v) is 10.9. The first-order valence-electron chi connectivity index (χ1n) is 8.25. The van der Waals surface area contributed by atoms with Gasteiger partial charge >= 0.3 is 0 Å². The van der Waals surface area contributed by atoms with Gasteiger partial charge in [-0.25, -0.2) is 13.1 Å². The molecule has 6 nitrogen and oxygen atoms in total. The number of hydrogen-bond donors (Lipinski definition) is 3. The molecule has 2 aromatic rings. The van der Waals surface area contributed by atoms with Gasteiger partial charge in [0, 0.05) is 26.7 Å². The van der Waals surface area contributed by atoms with E-state index in [1.54, 1.807) is 13.1 Å². The van der Waals surface area contributed by atoms with Crippen LogP contribution in [-0.2, 0) is 16.4 Å². The number of nitrogens with one attached hydrogen (secondary N) is 3. The summed E-state index contributed by atoms with van der Waals surface area (Å²) in [5.41, 5.74) is 1.31. The maximum atomic E-state index is 12.1.